The number of hydrogen-bond donors (Lipinski definition) is 0. The first-order valence-corrected chi connectivity index (χ1v) is 11.4. The minimum absolute atomic E-state index is 0.0450. The third kappa shape index (κ3) is 1.75. The van der Waals surface area contributed by atoms with Gasteiger partial charge in [0.15, 0.2) is 0 Å². The van der Waals surface area contributed by atoms with Gasteiger partial charge >= 0.3 is 11.4 Å². The number of para-hydroxylation sites is 1. The van der Waals surface area contributed by atoms with E-state index in [2.05, 4.69) is 12.2 Å². The van der Waals surface area contributed by atoms with Gasteiger partial charge in [-0.2, -0.15) is 0 Å². The molecule has 5 heteroatoms. The van der Waals surface area contributed by atoms with Crippen molar-refractivity contribution in [3.8, 4) is 5.69 Å². The summed E-state index contributed by atoms with van der Waals surface area (Å²) in [6.45, 7) is 0. The fraction of sp³-hybridized carbons (Fsp3) is 0.583. The molecule has 0 radical (unpaired) electrons. The Kier molecular flexibility index (Phi) is 2.61. The second kappa shape index (κ2) is 4.88. The molecule has 0 amide bonds. The van der Waals surface area contributed by atoms with Gasteiger partial charge in [-0.05, 0) is 85.2 Å². The van der Waals surface area contributed by atoms with Crippen LogP contribution in [0.4, 0.5) is 0 Å². The quantitative estimate of drug-likeness (QED) is 0.707. The van der Waals surface area contributed by atoms with Crippen molar-refractivity contribution in [2.24, 2.45) is 47.3 Å². The Labute approximate surface area is 168 Å². The monoisotopic (exact) mass is 387 g/mol. The maximum Gasteiger partial charge on any atom is 0.352 e. The largest absolute Gasteiger partial charge is 0.352 e. The molecule has 1 aromatic carbocycles. The molecule has 2 aromatic rings. The van der Waals surface area contributed by atoms with Crippen molar-refractivity contribution in [3.63, 3.8) is 0 Å². The molecule has 8 atom stereocenters. The number of hydrogen-bond acceptors (Lipinski definition) is 2. The van der Waals surface area contributed by atoms with Crippen LogP contribution in [0.25, 0.3) is 5.69 Å². The van der Waals surface area contributed by atoms with Crippen LogP contribution in [0, 0.1) is 47.3 Å². The molecule has 148 valence electrons. The van der Waals surface area contributed by atoms with Crippen molar-refractivity contribution in [3.05, 3.63) is 63.5 Å². The topological polar surface area (TPSA) is 48.9 Å². The molecule has 0 spiro atoms. The van der Waals surface area contributed by atoms with Crippen molar-refractivity contribution in [2.45, 2.75) is 37.8 Å². The summed E-state index contributed by atoms with van der Waals surface area (Å²) in [5.74, 6) is 6.76. The average Bonchev–Trinajstić information content (AvgIpc) is 3.61. The predicted octanol–water partition coefficient (Wildman–Crippen LogP) is 3.01. The van der Waals surface area contributed by atoms with E-state index in [1.807, 2.05) is 35.0 Å². The lowest BCUT2D eigenvalue weighted by atomic mass is 9.56. The molecule has 0 saturated heterocycles. The van der Waals surface area contributed by atoms with Gasteiger partial charge in [-0.15, -0.1) is 0 Å². The Morgan fingerprint density at radius 2 is 1.34 bits per heavy atom. The van der Waals surface area contributed by atoms with Crippen LogP contribution in [0.3, 0.4) is 0 Å². The molecule has 5 saturated carbocycles. The molecule has 10 rings (SSSR count). The van der Waals surface area contributed by atoms with Gasteiger partial charge in [0.25, 0.3) is 0 Å². The molecule has 6 bridgehead atoms. The molecule has 29 heavy (non-hydrogen) atoms. The first-order chi connectivity index (χ1) is 14.2. The highest BCUT2D eigenvalue weighted by Gasteiger charge is 2.74. The molecule has 1 aromatic heterocycles. The molecule has 6 aliphatic carbocycles. The Bertz CT molecular complexity index is 1170. The van der Waals surface area contributed by atoms with Gasteiger partial charge in [0.2, 0.25) is 0 Å². The normalized spacial score (nSPS) is 46.9. The number of nitrogens with zero attached hydrogens (tertiary/aromatic N) is 3. The third-order valence-electron chi connectivity index (χ3n) is 9.53. The van der Waals surface area contributed by atoms with E-state index < -0.39 is 0 Å². The van der Waals surface area contributed by atoms with Crippen molar-refractivity contribution < 1.29 is 0 Å². The van der Waals surface area contributed by atoms with Crippen LogP contribution in [0.2, 0.25) is 0 Å². The molecule has 3 heterocycles. The first kappa shape index (κ1) is 15.5. The Morgan fingerprint density at radius 3 is 2.14 bits per heavy atom. The zero-order chi connectivity index (χ0) is 19.0. The maximum absolute atomic E-state index is 13.4. The Balaban J connectivity index is 1.29. The molecular formula is C24H25N3O2. The van der Waals surface area contributed by atoms with Crippen LogP contribution in [0.5, 0.6) is 0 Å². The standard InChI is InChI=1S/C24H25N3O2/c28-23-25(14-4-2-1-3-5-14)24(29)27-19-7-6-18(26(23)27)15-9-12-8-13(20(15)19)11-17-21-16(10-12)22(17)21/h1-7,12-13,15-22H,8-11H2/t12-,13+,15-,16?,17?,18+,19+,20-,21-,22-/m1/s1. The minimum Gasteiger partial charge on any atom is -0.245 e. The van der Waals surface area contributed by atoms with E-state index in [-0.39, 0.29) is 23.5 Å². The minimum atomic E-state index is -0.169. The van der Waals surface area contributed by atoms with Crippen LogP contribution < -0.4 is 11.4 Å². The third-order valence-corrected chi connectivity index (χ3v) is 9.53. The highest BCUT2D eigenvalue weighted by Crippen LogP contribution is 2.79. The van der Waals surface area contributed by atoms with Crippen LogP contribution >= 0.6 is 0 Å². The van der Waals surface area contributed by atoms with Gasteiger partial charge < -0.3 is 0 Å². The molecule has 0 N–H and O–H groups in total. The Morgan fingerprint density at radius 1 is 0.690 bits per heavy atom. The summed E-state index contributed by atoms with van der Waals surface area (Å²) in [6.07, 6.45) is 9.88. The lowest BCUT2D eigenvalue weighted by molar-refractivity contribution is -0.0248. The zero-order valence-corrected chi connectivity index (χ0v) is 16.3. The van der Waals surface area contributed by atoms with Crippen LogP contribution in [-0.4, -0.2) is 13.9 Å². The van der Waals surface area contributed by atoms with Gasteiger partial charge in [-0.25, -0.2) is 23.5 Å². The fourth-order valence-corrected chi connectivity index (χ4v) is 8.44. The summed E-state index contributed by atoms with van der Waals surface area (Å²) < 4.78 is 5.00. The van der Waals surface area contributed by atoms with E-state index in [0.29, 0.717) is 17.5 Å². The van der Waals surface area contributed by atoms with E-state index in [9.17, 15) is 9.59 Å². The van der Waals surface area contributed by atoms with E-state index in [1.165, 1.54) is 30.3 Å². The summed E-state index contributed by atoms with van der Waals surface area (Å²) in [5.41, 5.74) is 0.342. The zero-order valence-electron chi connectivity index (χ0n) is 16.3. The summed E-state index contributed by atoms with van der Waals surface area (Å²) in [5, 5.41) is 0. The summed E-state index contributed by atoms with van der Waals surface area (Å²) in [6, 6.07) is 9.50. The van der Waals surface area contributed by atoms with E-state index >= 15 is 0 Å². The second-order valence-corrected chi connectivity index (χ2v) is 10.6. The van der Waals surface area contributed by atoms with E-state index in [0.717, 1.165) is 35.5 Å². The SMILES string of the molecule is O=c1n(-c2ccccc2)c(=O)n2n1[C@H]1C=C[C@H]2[C@@H]2[C@@H]3CC4[C@H]5C(C[C@H](C3)C[C@@H]21)[C@H]45. The van der Waals surface area contributed by atoms with Gasteiger partial charge in [0.1, 0.15) is 0 Å². The van der Waals surface area contributed by atoms with E-state index in [1.54, 1.807) is 4.68 Å². The molecule has 2 aliphatic heterocycles. The van der Waals surface area contributed by atoms with E-state index in [4.69, 9.17) is 0 Å². The van der Waals surface area contributed by atoms with Crippen molar-refractivity contribution in [2.75, 3.05) is 0 Å². The molecular weight excluding hydrogens is 362 g/mol. The highest BCUT2D eigenvalue weighted by atomic mass is 16.2. The molecule has 0 unspecified atom stereocenters. The lowest BCUT2D eigenvalue weighted by Crippen LogP contribution is -2.54. The number of allylic oxidation sites excluding steroid dienone is 2. The number of aromatic nitrogens is 3. The smallest absolute Gasteiger partial charge is 0.245 e. The summed E-state index contributed by atoms with van der Waals surface area (Å²) in [4.78, 5) is 26.8. The first-order valence-electron chi connectivity index (χ1n) is 11.4. The second-order valence-electron chi connectivity index (χ2n) is 10.6. The average molecular weight is 387 g/mol. The van der Waals surface area contributed by atoms with Crippen LogP contribution in [0.1, 0.15) is 37.8 Å². The van der Waals surface area contributed by atoms with Gasteiger partial charge in [0, 0.05) is 0 Å². The Hall–Kier alpha value is -2.30. The summed E-state index contributed by atoms with van der Waals surface area (Å²) >= 11 is 0. The van der Waals surface area contributed by atoms with Crippen LogP contribution in [0.15, 0.2) is 52.1 Å². The van der Waals surface area contributed by atoms with Gasteiger partial charge in [0.05, 0.1) is 17.8 Å². The predicted molar refractivity (Wildman–Crippen MR) is 108 cm³/mol. The van der Waals surface area contributed by atoms with Crippen molar-refractivity contribution >= 4 is 0 Å². The summed E-state index contributed by atoms with van der Waals surface area (Å²) in [7, 11) is 0. The van der Waals surface area contributed by atoms with Crippen molar-refractivity contribution in [1.82, 2.24) is 13.9 Å². The number of benzene rings is 1. The van der Waals surface area contributed by atoms with Crippen LogP contribution in [-0.2, 0) is 0 Å². The highest BCUT2D eigenvalue weighted by molar-refractivity contribution is 5.31. The van der Waals surface area contributed by atoms with Gasteiger partial charge in [-0.3, -0.25) is 0 Å². The number of rotatable bonds is 1. The van der Waals surface area contributed by atoms with Crippen molar-refractivity contribution in [1.29, 1.82) is 0 Å². The lowest BCUT2D eigenvalue weighted by Gasteiger charge is -2.54. The fourth-order valence-electron chi connectivity index (χ4n) is 8.44. The molecule has 8 aliphatic rings. The van der Waals surface area contributed by atoms with Gasteiger partial charge in [-0.1, -0.05) is 30.4 Å². The molecule has 5 fully saturated rings. The maximum atomic E-state index is 13.4. The molecule has 5 nitrogen and oxygen atoms in total.